The Balaban J connectivity index is 2.55. The van der Waals surface area contributed by atoms with E-state index >= 15 is 0 Å². The van der Waals surface area contributed by atoms with Crippen LogP contribution in [0.3, 0.4) is 0 Å². The molecule has 0 saturated carbocycles. The first-order valence-corrected chi connectivity index (χ1v) is 5.99. The van der Waals surface area contributed by atoms with E-state index in [9.17, 15) is 18.9 Å². The van der Waals surface area contributed by atoms with Gasteiger partial charge < -0.3 is 4.52 Å². The summed E-state index contributed by atoms with van der Waals surface area (Å²) in [7, 11) is 0. The quantitative estimate of drug-likeness (QED) is 0.489. The minimum Gasteiger partial charge on any atom is -0.334 e. The van der Waals surface area contributed by atoms with Gasteiger partial charge in [0.25, 0.3) is 5.89 Å². The molecule has 0 N–H and O–H groups in total. The van der Waals surface area contributed by atoms with E-state index in [1.807, 2.05) is 0 Å². The van der Waals surface area contributed by atoms with Crippen molar-refractivity contribution in [2.24, 2.45) is 0 Å². The van der Waals surface area contributed by atoms with Gasteiger partial charge in [-0.05, 0) is 12.5 Å². The summed E-state index contributed by atoms with van der Waals surface area (Å²) < 4.78 is 32.3. The molecule has 1 unspecified atom stereocenters. The molecule has 0 aliphatic rings. The lowest BCUT2D eigenvalue weighted by Gasteiger charge is -2.00. The average Bonchev–Trinajstić information content (AvgIpc) is 2.87. The van der Waals surface area contributed by atoms with E-state index < -0.39 is 39.1 Å². The molecule has 1 atom stereocenters. The highest BCUT2D eigenvalue weighted by Crippen LogP contribution is 2.32. The van der Waals surface area contributed by atoms with Gasteiger partial charge >= 0.3 is 5.69 Å². The van der Waals surface area contributed by atoms with Crippen molar-refractivity contribution in [2.45, 2.75) is 18.7 Å². The lowest BCUT2D eigenvalue weighted by molar-refractivity contribution is -0.387. The number of hydrogen-bond acceptors (Lipinski definition) is 5. The fourth-order valence-electron chi connectivity index (χ4n) is 1.52. The van der Waals surface area contributed by atoms with Crippen LogP contribution in [-0.4, -0.2) is 15.1 Å². The van der Waals surface area contributed by atoms with Crippen molar-refractivity contribution < 1.29 is 18.2 Å². The molecule has 0 spiro atoms. The highest BCUT2D eigenvalue weighted by molar-refractivity contribution is 6.20. The van der Waals surface area contributed by atoms with Gasteiger partial charge in [-0.2, -0.15) is 9.37 Å². The summed E-state index contributed by atoms with van der Waals surface area (Å²) in [6, 6.07) is 1.49. The summed E-state index contributed by atoms with van der Waals surface area (Å²) in [6.45, 7) is 1.77. The van der Waals surface area contributed by atoms with Crippen LogP contribution in [0.2, 0.25) is 0 Å². The van der Waals surface area contributed by atoms with Gasteiger partial charge in [0.1, 0.15) is 11.4 Å². The summed E-state index contributed by atoms with van der Waals surface area (Å²) >= 11 is 5.87. The van der Waals surface area contributed by atoms with Crippen LogP contribution < -0.4 is 0 Å². The third kappa shape index (κ3) is 2.46. The topological polar surface area (TPSA) is 82.1 Å². The molecular formula is C11H8ClF2N3O3. The molecule has 2 aromatic rings. The molecule has 9 heteroatoms. The molecule has 1 aromatic heterocycles. The monoisotopic (exact) mass is 303 g/mol. The first-order valence-electron chi connectivity index (χ1n) is 5.56. The first-order chi connectivity index (χ1) is 9.45. The zero-order valence-corrected chi connectivity index (χ0v) is 10.9. The van der Waals surface area contributed by atoms with Crippen LogP contribution in [-0.2, 0) is 0 Å². The van der Waals surface area contributed by atoms with Gasteiger partial charge in [-0.3, -0.25) is 10.1 Å². The molecule has 0 saturated heterocycles. The maximum absolute atomic E-state index is 13.9. The van der Waals surface area contributed by atoms with Crippen LogP contribution in [0.25, 0.3) is 11.5 Å². The van der Waals surface area contributed by atoms with Crippen molar-refractivity contribution in [3.8, 4) is 11.5 Å². The van der Waals surface area contributed by atoms with Crippen LogP contribution >= 0.6 is 11.6 Å². The summed E-state index contributed by atoms with van der Waals surface area (Å²) in [4.78, 5) is 13.4. The number of alkyl halides is 1. The Morgan fingerprint density at radius 2 is 2.20 bits per heavy atom. The summed E-state index contributed by atoms with van der Waals surface area (Å²) in [5, 5.41) is 13.6. The lowest BCUT2D eigenvalue weighted by atomic mass is 10.1. The first kappa shape index (κ1) is 14.3. The largest absolute Gasteiger partial charge is 0.334 e. The standard InChI is InChI=1S/C11H8ClF2N3O3/c1-2-5(12)10-15-11(20-16-10)8-6(13)3-4-7(9(8)14)17(18)19/h3-5H,2H2,1H3. The van der Waals surface area contributed by atoms with Crippen LogP contribution in [0.15, 0.2) is 16.7 Å². The van der Waals surface area contributed by atoms with Crippen LogP contribution in [0.1, 0.15) is 24.5 Å². The highest BCUT2D eigenvalue weighted by atomic mass is 35.5. The maximum atomic E-state index is 13.9. The van der Waals surface area contributed by atoms with Crippen LogP contribution in [0, 0.1) is 21.7 Å². The second-order valence-corrected chi connectivity index (χ2v) is 4.37. The number of halogens is 3. The Hall–Kier alpha value is -2.09. The fraction of sp³-hybridized carbons (Fsp3) is 0.273. The lowest BCUT2D eigenvalue weighted by Crippen LogP contribution is -1.98. The van der Waals surface area contributed by atoms with Crippen molar-refractivity contribution in [2.75, 3.05) is 0 Å². The van der Waals surface area contributed by atoms with E-state index in [4.69, 9.17) is 16.1 Å². The van der Waals surface area contributed by atoms with E-state index in [1.54, 1.807) is 6.92 Å². The molecule has 0 fully saturated rings. The van der Waals surface area contributed by atoms with Crippen molar-refractivity contribution >= 4 is 17.3 Å². The molecule has 1 heterocycles. The van der Waals surface area contributed by atoms with Crippen LogP contribution in [0.5, 0.6) is 0 Å². The Labute approximate surface area is 116 Å². The van der Waals surface area contributed by atoms with Crippen molar-refractivity contribution in [1.82, 2.24) is 10.1 Å². The van der Waals surface area contributed by atoms with Crippen molar-refractivity contribution in [1.29, 1.82) is 0 Å². The number of rotatable bonds is 4. The molecular weight excluding hydrogens is 296 g/mol. The number of nitrogens with zero attached hydrogens (tertiary/aromatic N) is 3. The normalized spacial score (nSPS) is 12.4. The van der Waals surface area contributed by atoms with E-state index in [2.05, 4.69) is 10.1 Å². The second-order valence-electron chi connectivity index (χ2n) is 3.85. The SMILES string of the molecule is CCC(Cl)c1noc(-c2c(F)ccc([N+](=O)[O-])c2F)n1. The maximum Gasteiger partial charge on any atom is 0.305 e. The van der Waals surface area contributed by atoms with Gasteiger partial charge in [-0.1, -0.05) is 12.1 Å². The van der Waals surface area contributed by atoms with Crippen molar-refractivity contribution in [3.63, 3.8) is 0 Å². The van der Waals surface area contributed by atoms with Crippen molar-refractivity contribution in [3.05, 3.63) is 39.7 Å². The molecule has 6 nitrogen and oxygen atoms in total. The number of aromatic nitrogens is 2. The van der Waals surface area contributed by atoms with Gasteiger partial charge in [0.15, 0.2) is 5.82 Å². The zero-order valence-electron chi connectivity index (χ0n) is 10.1. The molecule has 0 aliphatic carbocycles. The minimum absolute atomic E-state index is 0.0643. The third-order valence-electron chi connectivity index (χ3n) is 2.56. The second kappa shape index (κ2) is 5.49. The molecule has 20 heavy (non-hydrogen) atoms. The van der Waals surface area contributed by atoms with Gasteiger partial charge in [-0.15, -0.1) is 11.6 Å². The van der Waals surface area contributed by atoms with Gasteiger partial charge in [0.05, 0.1) is 10.3 Å². The Morgan fingerprint density at radius 3 is 2.80 bits per heavy atom. The fourth-order valence-corrected chi connectivity index (χ4v) is 1.61. The summed E-state index contributed by atoms with van der Waals surface area (Å²) in [5.41, 5.74) is -1.61. The number of benzene rings is 1. The Bertz CT molecular complexity index is 662. The van der Waals surface area contributed by atoms with Gasteiger partial charge in [0.2, 0.25) is 5.82 Å². The van der Waals surface area contributed by atoms with E-state index in [0.717, 1.165) is 12.1 Å². The minimum atomic E-state index is -1.37. The van der Waals surface area contributed by atoms with E-state index in [0.29, 0.717) is 6.42 Å². The zero-order chi connectivity index (χ0) is 14.9. The average molecular weight is 304 g/mol. The summed E-state index contributed by atoms with van der Waals surface area (Å²) in [6.07, 6.45) is 0.487. The molecule has 0 radical (unpaired) electrons. The number of nitro groups is 1. The predicted octanol–water partition coefficient (Wildman–Crippen LogP) is 3.61. The predicted molar refractivity (Wildman–Crippen MR) is 65.2 cm³/mol. The van der Waals surface area contributed by atoms with Gasteiger partial charge in [0, 0.05) is 6.07 Å². The smallest absolute Gasteiger partial charge is 0.305 e. The molecule has 0 aliphatic heterocycles. The number of hydrogen-bond donors (Lipinski definition) is 0. The van der Waals surface area contributed by atoms with Crippen LogP contribution in [0.4, 0.5) is 14.5 Å². The summed E-state index contributed by atoms with van der Waals surface area (Å²) in [5.74, 6) is -2.83. The Morgan fingerprint density at radius 1 is 1.50 bits per heavy atom. The molecule has 2 rings (SSSR count). The highest BCUT2D eigenvalue weighted by Gasteiger charge is 2.27. The molecule has 1 aromatic carbocycles. The number of nitro benzene ring substituents is 1. The third-order valence-corrected chi connectivity index (χ3v) is 3.07. The van der Waals surface area contributed by atoms with E-state index in [-0.39, 0.29) is 5.82 Å². The Kier molecular flexibility index (Phi) is 3.93. The van der Waals surface area contributed by atoms with E-state index in [1.165, 1.54) is 0 Å². The molecule has 0 amide bonds. The van der Waals surface area contributed by atoms with Gasteiger partial charge in [-0.25, -0.2) is 4.39 Å². The molecule has 0 bridgehead atoms. The molecule has 106 valence electrons.